The molecule has 0 N–H and O–H groups in total. The maximum atomic E-state index is 6.67. The molecule has 7 heteroatoms. The second-order valence-corrected chi connectivity index (χ2v) is 9.35. The Morgan fingerprint density at radius 2 is 1.79 bits per heavy atom. The van der Waals surface area contributed by atoms with Gasteiger partial charge in [-0.25, -0.2) is 19.9 Å². The van der Waals surface area contributed by atoms with E-state index < -0.39 is 0 Å². The Bertz CT molecular complexity index is 1130. The summed E-state index contributed by atoms with van der Waals surface area (Å²) in [4.78, 5) is 20.5. The van der Waals surface area contributed by atoms with Gasteiger partial charge in [-0.1, -0.05) is 0 Å². The number of morpholine rings is 1. The molecular formula is C26H35N5O2. The highest BCUT2D eigenvalue weighted by Crippen LogP contribution is 2.36. The van der Waals surface area contributed by atoms with Gasteiger partial charge in [-0.3, -0.25) is 0 Å². The van der Waals surface area contributed by atoms with Crippen molar-refractivity contribution in [2.24, 2.45) is 5.92 Å². The topological polar surface area (TPSA) is 73.3 Å². The van der Waals surface area contributed by atoms with E-state index in [1.54, 1.807) is 0 Å². The van der Waals surface area contributed by atoms with Crippen molar-refractivity contribution in [2.45, 2.75) is 59.0 Å². The Morgan fingerprint density at radius 3 is 2.55 bits per heavy atom. The summed E-state index contributed by atoms with van der Waals surface area (Å²) in [5.74, 6) is 3.22. The number of rotatable bonds is 5. The molecule has 176 valence electrons. The molecule has 3 heterocycles. The number of aryl methyl sites for hydroxylation is 3. The lowest BCUT2D eigenvalue weighted by Gasteiger charge is -2.31. The van der Waals surface area contributed by atoms with Crippen LogP contribution in [0.1, 0.15) is 50.1 Å². The minimum absolute atomic E-state index is 0. The summed E-state index contributed by atoms with van der Waals surface area (Å²) in [6, 6.07) is 6.41. The van der Waals surface area contributed by atoms with Crippen molar-refractivity contribution in [1.29, 1.82) is 0 Å². The summed E-state index contributed by atoms with van der Waals surface area (Å²) in [5, 5.41) is 1.04. The van der Waals surface area contributed by atoms with Crippen molar-refractivity contribution in [3.63, 3.8) is 0 Å². The molecule has 7 nitrogen and oxygen atoms in total. The molecule has 1 aliphatic heterocycles. The number of aromatic nitrogens is 4. The zero-order valence-electron chi connectivity index (χ0n) is 19.9. The molecule has 3 aromatic rings. The van der Waals surface area contributed by atoms with Gasteiger partial charge in [-0.05, 0) is 70.9 Å². The van der Waals surface area contributed by atoms with E-state index in [9.17, 15) is 0 Å². The summed E-state index contributed by atoms with van der Waals surface area (Å²) < 4.78 is 12.2. The van der Waals surface area contributed by atoms with Crippen molar-refractivity contribution in [3.05, 3.63) is 47.4 Å². The van der Waals surface area contributed by atoms with Gasteiger partial charge in [-0.2, -0.15) is 0 Å². The molecule has 0 unspecified atom stereocenters. The number of hydrogen-bond donors (Lipinski definition) is 0. The van der Waals surface area contributed by atoms with E-state index in [0.717, 1.165) is 104 Å². The van der Waals surface area contributed by atoms with Gasteiger partial charge in [0, 0.05) is 38.2 Å². The van der Waals surface area contributed by atoms with E-state index in [1.807, 2.05) is 26.1 Å². The highest BCUT2D eigenvalue weighted by molar-refractivity contribution is 5.90. The van der Waals surface area contributed by atoms with Crippen LogP contribution in [0.2, 0.25) is 0 Å². The standard InChI is InChI=1S/C26H33N5O2.H2/c1-17-26-24(30-19(3)28-17)15-22(31-10-12-32-13-11-31)16-25(26)33-23-6-4-20(5-7-23)14-21-8-9-27-18(2)29-21;/h8-9,15-16,20,23H,4-7,10-14H2,1-3H3;1H. The van der Waals surface area contributed by atoms with Gasteiger partial charge in [0.15, 0.2) is 0 Å². The van der Waals surface area contributed by atoms with Crippen LogP contribution in [0.15, 0.2) is 24.4 Å². The van der Waals surface area contributed by atoms with Gasteiger partial charge in [-0.15, -0.1) is 0 Å². The second kappa shape index (κ2) is 9.59. The first-order valence-electron chi connectivity index (χ1n) is 12.1. The van der Waals surface area contributed by atoms with Crippen LogP contribution in [0.3, 0.4) is 0 Å². The Hall–Kier alpha value is -2.80. The molecule has 1 aromatic carbocycles. The fraction of sp³-hybridized carbons (Fsp3) is 0.538. The molecule has 0 spiro atoms. The number of benzene rings is 1. The number of nitrogens with zero attached hydrogens (tertiary/aromatic N) is 5. The van der Waals surface area contributed by atoms with Gasteiger partial charge in [0.25, 0.3) is 0 Å². The van der Waals surface area contributed by atoms with E-state index in [1.165, 1.54) is 0 Å². The summed E-state index contributed by atoms with van der Waals surface area (Å²) in [6.45, 7) is 9.26. The smallest absolute Gasteiger partial charge is 0.133 e. The first-order valence-corrected chi connectivity index (χ1v) is 12.1. The Morgan fingerprint density at radius 1 is 1.00 bits per heavy atom. The molecule has 2 fully saturated rings. The van der Waals surface area contributed by atoms with Crippen LogP contribution in [0, 0.1) is 26.7 Å². The third kappa shape index (κ3) is 5.08. The lowest BCUT2D eigenvalue weighted by molar-refractivity contribution is 0.122. The Kier molecular flexibility index (Phi) is 6.40. The first kappa shape index (κ1) is 22.0. The highest BCUT2D eigenvalue weighted by Gasteiger charge is 2.25. The van der Waals surface area contributed by atoms with Crippen LogP contribution < -0.4 is 9.64 Å². The molecule has 0 radical (unpaired) electrons. The molecule has 2 aliphatic rings. The van der Waals surface area contributed by atoms with Crippen molar-refractivity contribution in [1.82, 2.24) is 19.9 Å². The maximum Gasteiger partial charge on any atom is 0.133 e. The van der Waals surface area contributed by atoms with E-state index in [4.69, 9.17) is 14.5 Å². The van der Waals surface area contributed by atoms with Crippen LogP contribution in [0.4, 0.5) is 5.69 Å². The summed E-state index contributed by atoms with van der Waals surface area (Å²) in [6.07, 6.45) is 7.54. The van der Waals surface area contributed by atoms with E-state index in [0.29, 0.717) is 5.92 Å². The second-order valence-electron chi connectivity index (χ2n) is 9.35. The van der Waals surface area contributed by atoms with Gasteiger partial charge in [0.1, 0.15) is 17.4 Å². The van der Waals surface area contributed by atoms with Crippen LogP contribution in [0.5, 0.6) is 5.75 Å². The number of fused-ring (bicyclic) bond motifs is 1. The van der Waals surface area contributed by atoms with Gasteiger partial charge in [0.2, 0.25) is 0 Å². The van der Waals surface area contributed by atoms with E-state index in [-0.39, 0.29) is 7.53 Å². The highest BCUT2D eigenvalue weighted by atomic mass is 16.5. The molecule has 0 atom stereocenters. The number of anilines is 1. The number of ether oxygens (including phenoxy) is 2. The molecule has 1 saturated carbocycles. The first-order chi connectivity index (χ1) is 16.0. The zero-order valence-corrected chi connectivity index (χ0v) is 19.9. The summed E-state index contributed by atoms with van der Waals surface area (Å²) in [5.41, 5.74) is 4.26. The van der Waals surface area contributed by atoms with E-state index in [2.05, 4.69) is 38.9 Å². The molecule has 1 aliphatic carbocycles. The van der Waals surface area contributed by atoms with Crippen LogP contribution >= 0.6 is 0 Å². The Labute approximate surface area is 197 Å². The minimum Gasteiger partial charge on any atom is -0.490 e. The average Bonchev–Trinajstić information content (AvgIpc) is 2.80. The third-order valence-corrected chi connectivity index (χ3v) is 6.83. The molecule has 1 saturated heterocycles. The van der Waals surface area contributed by atoms with Crippen molar-refractivity contribution in [3.8, 4) is 5.75 Å². The fourth-order valence-electron chi connectivity index (χ4n) is 5.18. The Balaban J connectivity index is 0.00000274. The van der Waals surface area contributed by atoms with Gasteiger partial charge < -0.3 is 14.4 Å². The lowest BCUT2D eigenvalue weighted by Crippen LogP contribution is -2.36. The van der Waals surface area contributed by atoms with Crippen LogP contribution in [-0.2, 0) is 11.2 Å². The molecule has 0 bridgehead atoms. The van der Waals surface area contributed by atoms with Crippen LogP contribution in [0.25, 0.3) is 10.9 Å². The SMILES string of the molecule is Cc1nccc(CC2CCC(Oc3cc(N4CCOCC4)cc4nc(C)nc(C)c34)CC2)n1.[HH]. The zero-order chi connectivity index (χ0) is 22.8. The van der Waals surface area contributed by atoms with E-state index >= 15 is 0 Å². The summed E-state index contributed by atoms with van der Waals surface area (Å²) >= 11 is 0. The quantitative estimate of drug-likeness (QED) is 0.563. The fourth-order valence-corrected chi connectivity index (χ4v) is 5.18. The predicted octanol–water partition coefficient (Wildman–Crippen LogP) is 4.61. The normalized spacial score (nSPS) is 21.4. The van der Waals surface area contributed by atoms with Crippen LogP contribution in [-0.4, -0.2) is 52.3 Å². The molecule has 2 aromatic heterocycles. The van der Waals surface area contributed by atoms with Gasteiger partial charge in [0.05, 0.1) is 35.9 Å². The monoisotopic (exact) mass is 449 g/mol. The number of hydrogen-bond acceptors (Lipinski definition) is 7. The summed E-state index contributed by atoms with van der Waals surface area (Å²) in [7, 11) is 0. The largest absolute Gasteiger partial charge is 0.490 e. The minimum atomic E-state index is 0. The molecule has 0 amide bonds. The maximum absolute atomic E-state index is 6.67. The van der Waals surface area contributed by atoms with Crippen molar-refractivity contribution >= 4 is 16.6 Å². The molecule has 5 rings (SSSR count). The molecule has 33 heavy (non-hydrogen) atoms. The molecular weight excluding hydrogens is 414 g/mol. The van der Waals surface area contributed by atoms with Gasteiger partial charge >= 0.3 is 0 Å². The average molecular weight is 450 g/mol. The third-order valence-electron chi connectivity index (χ3n) is 6.83. The van der Waals surface area contributed by atoms with Crippen molar-refractivity contribution < 1.29 is 10.9 Å². The lowest BCUT2D eigenvalue weighted by atomic mass is 9.84. The van der Waals surface area contributed by atoms with Crippen molar-refractivity contribution in [2.75, 3.05) is 31.2 Å². The predicted molar refractivity (Wildman–Crippen MR) is 131 cm³/mol.